The van der Waals surface area contributed by atoms with Crippen LogP contribution in [-0.2, 0) is 20.1 Å². The predicted octanol–water partition coefficient (Wildman–Crippen LogP) is 14.2. The summed E-state index contributed by atoms with van der Waals surface area (Å²) in [4.78, 5) is 9.78. The maximum absolute atomic E-state index is 8.48. The van der Waals surface area contributed by atoms with Gasteiger partial charge in [0.15, 0.2) is 0 Å². The van der Waals surface area contributed by atoms with E-state index in [4.69, 9.17) is 14.9 Å². The third-order valence-electron chi connectivity index (χ3n) is 10.9. The Morgan fingerprint density at radius 3 is 2.05 bits per heavy atom. The van der Waals surface area contributed by atoms with Gasteiger partial charge >= 0.3 is 0 Å². The van der Waals surface area contributed by atoms with Crippen molar-refractivity contribution in [1.29, 1.82) is 0 Å². The first-order valence-corrected chi connectivity index (χ1v) is 23.7. The van der Waals surface area contributed by atoms with Crippen LogP contribution in [0.3, 0.4) is 0 Å². The van der Waals surface area contributed by atoms with Crippen LogP contribution in [0.1, 0.15) is 36.4 Å². The second-order valence-electron chi connectivity index (χ2n) is 16.2. The summed E-state index contributed by atoms with van der Waals surface area (Å²) in [6, 6.07) is 61.5. The van der Waals surface area contributed by atoms with Crippen LogP contribution in [0.4, 0.5) is 0 Å². The molecule has 0 bridgehead atoms. The Bertz CT molecular complexity index is 3220. The maximum Gasteiger partial charge on any atom is 0.120 e. The average molecular weight is 990 g/mol. The fourth-order valence-electron chi connectivity index (χ4n) is 7.96. The third kappa shape index (κ3) is 8.19. The zero-order valence-electron chi connectivity index (χ0n) is 38.7. The largest absolute Gasteiger partial charge is 0.501 e. The van der Waals surface area contributed by atoms with Gasteiger partial charge in [0.25, 0.3) is 0 Å². The first kappa shape index (κ1) is 36.7. The van der Waals surface area contributed by atoms with Crippen molar-refractivity contribution in [2.75, 3.05) is 0 Å². The molecule has 0 unspecified atom stereocenters. The molecule has 10 rings (SSSR count). The van der Waals surface area contributed by atoms with E-state index in [1.165, 1.54) is 11.3 Å². The van der Waals surface area contributed by atoms with Gasteiger partial charge < -0.3 is 14.0 Å². The Morgan fingerprint density at radius 1 is 0.721 bits per heavy atom. The molecule has 0 aliphatic carbocycles. The van der Waals surface area contributed by atoms with E-state index < -0.39 is 20.8 Å². The monoisotopic (exact) mass is 990 g/mol. The van der Waals surface area contributed by atoms with E-state index in [0.717, 1.165) is 89.1 Å². The van der Waals surface area contributed by atoms with Crippen LogP contribution < -0.4 is 5.19 Å². The molecule has 0 aliphatic heterocycles. The number of aryl methyl sites for hydroxylation is 1. The minimum atomic E-state index is -2.13. The molecule has 7 aromatic carbocycles. The molecule has 4 nitrogen and oxygen atoms in total. The predicted molar refractivity (Wildman–Crippen MR) is 254 cm³/mol. The number of fused-ring (bicyclic) bond motifs is 4. The van der Waals surface area contributed by atoms with Crippen molar-refractivity contribution in [2.45, 2.75) is 46.2 Å². The molecule has 0 fully saturated rings. The number of nitrogens with zero attached hydrogens (tertiary/aromatic N) is 3. The number of rotatable bonds is 7. The number of hydrogen-bond donors (Lipinski definition) is 0. The number of pyridine rings is 1. The van der Waals surface area contributed by atoms with Crippen molar-refractivity contribution in [3.63, 3.8) is 0 Å². The summed E-state index contributed by atoms with van der Waals surface area (Å²) in [6.07, 6.45) is 1.89. The molecule has 0 aliphatic rings. The number of aromatic nitrogens is 3. The fourth-order valence-corrected chi connectivity index (χ4v) is 9.54. The van der Waals surface area contributed by atoms with Crippen LogP contribution in [0.2, 0.25) is 19.6 Å². The van der Waals surface area contributed by atoms with Gasteiger partial charge in [-0.25, -0.2) is 0 Å². The number of imidazole rings is 1. The second-order valence-corrected chi connectivity index (χ2v) is 21.3. The molecule has 3 aromatic heterocycles. The maximum atomic E-state index is 8.48. The smallest absolute Gasteiger partial charge is 0.120 e. The minimum absolute atomic E-state index is 0. The Morgan fingerprint density at radius 2 is 1.39 bits per heavy atom. The average Bonchev–Trinajstić information content (AvgIpc) is 3.87. The molecule has 0 atom stereocenters. The van der Waals surface area contributed by atoms with Crippen molar-refractivity contribution in [2.24, 2.45) is 0 Å². The Hall–Kier alpha value is -6.17. The molecular formula is C55H47IrN3OSi-2. The van der Waals surface area contributed by atoms with Crippen molar-refractivity contribution >= 4 is 46.2 Å². The summed E-state index contributed by atoms with van der Waals surface area (Å²) >= 11 is 0. The van der Waals surface area contributed by atoms with Crippen molar-refractivity contribution in [3.05, 3.63) is 193 Å². The molecule has 0 N–H and O–H groups in total. The van der Waals surface area contributed by atoms with Gasteiger partial charge in [-0.05, 0) is 46.1 Å². The Balaban J connectivity index is 0.000000199. The van der Waals surface area contributed by atoms with Gasteiger partial charge in [-0.2, -0.15) is 0 Å². The van der Waals surface area contributed by atoms with E-state index in [-0.39, 0.29) is 25.7 Å². The third-order valence-corrected chi connectivity index (χ3v) is 12.9. The number of hydrogen-bond acceptors (Lipinski definition) is 3. The molecule has 303 valence electrons. The van der Waals surface area contributed by atoms with Crippen molar-refractivity contribution in [1.82, 2.24) is 14.5 Å². The number of benzene rings is 7. The molecule has 61 heavy (non-hydrogen) atoms. The van der Waals surface area contributed by atoms with Gasteiger partial charge in [0.1, 0.15) is 5.58 Å². The van der Waals surface area contributed by atoms with Crippen LogP contribution >= 0.6 is 0 Å². The Labute approximate surface area is 379 Å². The topological polar surface area (TPSA) is 43.9 Å². The molecule has 3 heterocycles. The van der Waals surface area contributed by atoms with Crippen LogP contribution in [0.25, 0.3) is 83.6 Å². The quantitative estimate of drug-likeness (QED) is 0.118. The van der Waals surface area contributed by atoms with Gasteiger partial charge in [0, 0.05) is 48.3 Å². The Kier molecular flexibility index (Phi) is 10.5. The van der Waals surface area contributed by atoms with Gasteiger partial charge in [0.2, 0.25) is 0 Å². The molecule has 6 heteroatoms. The zero-order chi connectivity index (χ0) is 44.8. The van der Waals surface area contributed by atoms with Crippen LogP contribution in [-0.4, -0.2) is 22.6 Å². The summed E-state index contributed by atoms with van der Waals surface area (Å²) in [5.74, 6) is 0.0813. The minimum Gasteiger partial charge on any atom is -0.501 e. The molecular weight excluding hydrogens is 939 g/mol. The van der Waals surface area contributed by atoms with E-state index in [1.54, 1.807) is 12.1 Å². The molecule has 0 saturated carbocycles. The van der Waals surface area contributed by atoms with Crippen LogP contribution in [0.5, 0.6) is 0 Å². The molecule has 0 amide bonds. The molecule has 0 saturated heterocycles. The van der Waals surface area contributed by atoms with E-state index >= 15 is 0 Å². The number of furan rings is 1. The van der Waals surface area contributed by atoms with Gasteiger partial charge in [-0.15, -0.1) is 53.6 Å². The van der Waals surface area contributed by atoms with Gasteiger partial charge in [-0.3, -0.25) is 4.98 Å². The van der Waals surface area contributed by atoms with Crippen LogP contribution in [0.15, 0.2) is 174 Å². The summed E-state index contributed by atoms with van der Waals surface area (Å²) < 4.78 is 39.6. The summed E-state index contributed by atoms with van der Waals surface area (Å²) in [5.41, 5.74) is 12.8. The van der Waals surface area contributed by atoms with Crippen molar-refractivity contribution < 1.29 is 30.0 Å². The zero-order valence-corrected chi connectivity index (χ0v) is 38.1. The second kappa shape index (κ2) is 17.4. The van der Waals surface area contributed by atoms with E-state index in [0.29, 0.717) is 0 Å². The standard InChI is InChI=1S/C37H23N2O.C18H24NSi.Ir/c1-3-13-25(14-4-1)27-18-11-19-28(26-15-5-2-6-16-26)35(27)39-33-23-9-8-22-32(33)38-37(39)31-21-12-20-30-29-17-7-10-24-34(29)40-36(30)31;1-13(2)16-11-17(15-9-7-14(3)8-10-15)19-12-18(16)20(4,5)6;/h1-20,22-24H;7-9,11-13H,1-6H3;/q2*-1;/i;3D3,13D;. The normalized spacial score (nSPS) is 12.8. The molecule has 1 radical (unpaired) electrons. The van der Waals surface area contributed by atoms with E-state index in [9.17, 15) is 0 Å². The summed E-state index contributed by atoms with van der Waals surface area (Å²) in [7, 11) is -1.61. The number of para-hydroxylation sites is 4. The fraction of sp³-hybridized carbons (Fsp3) is 0.127. The SMILES string of the molecule is [2H]C([2H])([2H])c1c[c-]c(-c2cc(C([2H])(C)C)c([Si](C)(C)C)cn2)cc1.[Ir].[c-]1ccc2c(oc3ccccc32)c1-c1nc2ccccc2n1-c1c(-c2ccccc2)cccc1-c1ccccc1. The summed E-state index contributed by atoms with van der Waals surface area (Å²) in [5, 5.41) is 3.33. The molecule has 10 aromatic rings. The van der Waals surface area contributed by atoms with Crippen LogP contribution in [0, 0.1) is 19.0 Å². The van der Waals surface area contributed by atoms with E-state index in [2.05, 4.69) is 151 Å². The molecule has 0 spiro atoms. The summed E-state index contributed by atoms with van der Waals surface area (Å²) in [6.45, 7) is 8.38. The van der Waals surface area contributed by atoms with Gasteiger partial charge in [0.05, 0.1) is 36.2 Å². The van der Waals surface area contributed by atoms with Gasteiger partial charge in [-0.1, -0.05) is 172 Å². The first-order valence-electron chi connectivity index (χ1n) is 22.2. The van der Waals surface area contributed by atoms with Crippen molar-refractivity contribution in [3.8, 4) is 50.6 Å². The first-order chi connectivity index (χ1) is 30.7. The van der Waals surface area contributed by atoms with E-state index in [1.807, 2.05) is 56.4 Å².